The fraction of sp³-hybridized carbons (Fsp3) is 0.556. The molecule has 1 aliphatic rings. The first-order valence-electron chi connectivity index (χ1n) is 7.81. The number of aliphatic hydroxyl groups excluding tert-OH is 1. The van der Waals surface area contributed by atoms with Crippen LogP contribution in [0.5, 0.6) is 0 Å². The Morgan fingerprint density at radius 1 is 1.27 bits per heavy atom. The van der Waals surface area contributed by atoms with Crippen molar-refractivity contribution in [3.05, 3.63) is 48.6 Å². The van der Waals surface area contributed by atoms with Gasteiger partial charge in [-0.3, -0.25) is 0 Å². The SMILES string of the molecule is C=CC[C@@H]1O[C@H](COCc2ccccc2)[C@H](OC)[C@H]1CCO. The number of rotatable bonds is 9. The van der Waals surface area contributed by atoms with Gasteiger partial charge in [-0.15, -0.1) is 6.58 Å². The molecule has 22 heavy (non-hydrogen) atoms. The maximum Gasteiger partial charge on any atom is 0.108 e. The molecular weight excluding hydrogens is 280 g/mol. The zero-order valence-electron chi connectivity index (χ0n) is 13.2. The molecule has 1 aromatic rings. The minimum atomic E-state index is -0.102. The zero-order chi connectivity index (χ0) is 15.8. The molecule has 2 rings (SSSR count). The molecule has 122 valence electrons. The number of hydrogen-bond acceptors (Lipinski definition) is 4. The monoisotopic (exact) mass is 306 g/mol. The van der Waals surface area contributed by atoms with E-state index < -0.39 is 0 Å². The molecule has 0 spiro atoms. The lowest BCUT2D eigenvalue weighted by molar-refractivity contribution is -0.0571. The first-order valence-corrected chi connectivity index (χ1v) is 7.81. The Balaban J connectivity index is 1.90. The number of ether oxygens (including phenoxy) is 3. The molecule has 1 aromatic carbocycles. The van der Waals surface area contributed by atoms with E-state index in [2.05, 4.69) is 6.58 Å². The van der Waals surface area contributed by atoms with Crippen LogP contribution < -0.4 is 0 Å². The van der Waals surface area contributed by atoms with Crippen molar-refractivity contribution in [2.45, 2.75) is 37.8 Å². The zero-order valence-corrected chi connectivity index (χ0v) is 13.2. The van der Waals surface area contributed by atoms with Crippen molar-refractivity contribution in [1.82, 2.24) is 0 Å². The number of hydrogen-bond donors (Lipinski definition) is 1. The quantitative estimate of drug-likeness (QED) is 0.712. The third-order valence-electron chi connectivity index (χ3n) is 4.14. The Kier molecular flexibility index (Phi) is 7.06. The Labute approximate surface area is 132 Å². The van der Waals surface area contributed by atoms with E-state index in [1.165, 1.54) is 0 Å². The Hall–Kier alpha value is -1.20. The summed E-state index contributed by atoms with van der Waals surface area (Å²) in [6, 6.07) is 10.1. The normalized spacial score (nSPS) is 27.9. The highest BCUT2D eigenvalue weighted by atomic mass is 16.6. The van der Waals surface area contributed by atoms with Crippen LogP contribution >= 0.6 is 0 Å². The number of methoxy groups -OCH3 is 1. The second-order valence-electron chi connectivity index (χ2n) is 5.61. The van der Waals surface area contributed by atoms with Gasteiger partial charge in [0.05, 0.1) is 25.4 Å². The summed E-state index contributed by atoms with van der Waals surface area (Å²) in [4.78, 5) is 0. The maximum atomic E-state index is 9.27. The first kappa shape index (κ1) is 17.2. The van der Waals surface area contributed by atoms with Gasteiger partial charge < -0.3 is 19.3 Å². The van der Waals surface area contributed by atoms with E-state index in [-0.39, 0.29) is 30.8 Å². The van der Waals surface area contributed by atoms with Crippen LogP contribution in [0.4, 0.5) is 0 Å². The summed E-state index contributed by atoms with van der Waals surface area (Å²) < 4.78 is 17.5. The summed E-state index contributed by atoms with van der Waals surface area (Å²) in [5, 5.41) is 9.27. The van der Waals surface area contributed by atoms with Gasteiger partial charge >= 0.3 is 0 Å². The van der Waals surface area contributed by atoms with Crippen LogP contribution in [-0.4, -0.2) is 43.7 Å². The van der Waals surface area contributed by atoms with Gasteiger partial charge in [0.25, 0.3) is 0 Å². The van der Waals surface area contributed by atoms with Crippen molar-refractivity contribution < 1.29 is 19.3 Å². The Morgan fingerprint density at radius 2 is 2.05 bits per heavy atom. The number of aliphatic hydroxyl groups is 1. The van der Waals surface area contributed by atoms with Crippen LogP contribution in [0.15, 0.2) is 43.0 Å². The lowest BCUT2D eigenvalue weighted by atomic mass is 9.91. The summed E-state index contributed by atoms with van der Waals surface area (Å²) in [7, 11) is 1.69. The van der Waals surface area contributed by atoms with Crippen molar-refractivity contribution >= 4 is 0 Å². The van der Waals surface area contributed by atoms with Gasteiger partial charge in [0.15, 0.2) is 0 Å². The molecule has 0 bridgehead atoms. The fourth-order valence-electron chi connectivity index (χ4n) is 3.11. The van der Waals surface area contributed by atoms with Crippen LogP contribution in [0.3, 0.4) is 0 Å². The van der Waals surface area contributed by atoms with E-state index in [1.807, 2.05) is 36.4 Å². The van der Waals surface area contributed by atoms with Crippen molar-refractivity contribution in [1.29, 1.82) is 0 Å². The van der Waals surface area contributed by atoms with Crippen molar-refractivity contribution in [3.63, 3.8) is 0 Å². The van der Waals surface area contributed by atoms with Crippen molar-refractivity contribution in [3.8, 4) is 0 Å². The highest BCUT2D eigenvalue weighted by Gasteiger charge is 2.43. The molecule has 4 nitrogen and oxygen atoms in total. The van der Waals surface area contributed by atoms with Gasteiger partial charge in [-0.25, -0.2) is 0 Å². The highest BCUT2D eigenvalue weighted by Crippen LogP contribution is 2.34. The molecule has 1 saturated heterocycles. The maximum absolute atomic E-state index is 9.27. The third-order valence-corrected chi connectivity index (χ3v) is 4.14. The van der Waals surface area contributed by atoms with E-state index in [0.717, 1.165) is 12.0 Å². The lowest BCUT2D eigenvalue weighted by Gasteiger charge is -2.22. The molecule has 0 aromatic heterocycles. The number of benzene rings is 1. The van der Waals surface area contributed by atoms with Gasteiger partial charge in [0.1, 0.15) is 6.10 Å². The van der Waals surface area contributed by atoms with Crippen molar-refractivity contribution in [2.75, 3.05) is 20.3 Å². The van der Waals surface area contributed by atoms with E-state index in [1.54, 1.807) is 7.11 Å². The predicted molar refractivity (Wildman–Crippen MR) is 85.6 cm³/mol. The van der Waals surface area contributed by atoms with Gasteiger partial charge in [0.2, 0.25) is 0 Å². The molecule has 1 aliphatic heterocycles. The summed E-state index contributed by atoms with van der Waals surface area (Å²) in [6.45, 7) is 4.97. The Bertz CT molecular complexity index is 434. The summed E-state index contributed by atoms with van der Waals surface area (Å²) in [5.41, 5.74) is 1.14. The third kappa shape index (κ3) is 4.40. The molecule has 0 unspecified atom stereocenters. The largest absolute Gasteiger partial charge is 0.396 e. The molecule has 1 N–H and O–H groups in total. The molecule has 0 aliphatic carbocycles. The molecular formula is C18H26O4. The second kappa shape index (κ2) is 9.06. The summed E-state index contributed by atoms with van der Waals surface area (Å²) in [6.07, 6.45) is 3.18. The predicted octanol–water partition coefficient (Wildman–Crippen LogP) is 2.56. The molecule has 4 atom stereocenters. The molecule has 1 fully saturated rings. The van der Waals surface area contributed by atoms with Crippen LogP contribution in [-0.2, 0) is 20.8 Å². The lowest BCUT2D eigenvalue weighted by Crippen LogP contribution is -2.33. The topological polar surface area (TPSA) is 47.9 Å². The van der Waals surface area contributed by atoms with Crippen molar-refractivity contribution in [2.24, 2.45) is 5.92 Å². The van der Waals surface area contributed by atoms with E-state index in [9.17, 15) is 5.11 Å². The second-order valence-corrected chi connectivity index (χ2v) is 5.61. The summed E-state index contributed by atoms with van der Waals surface area (Å²) >= 11 is 0. The summed E-state index contributed by atoms with van der Waals surface area (Å²) in [5.74, 6) is 0.179. The first-order chi connectivity index (χ1) is 10.8. The average molecular weight is 306 g/mol. The minimum Gasteiger partial charge on any atom is -0.396 e. The molecule has 0 radical (unpaired) electrons. The smallest absolute Gasteiger partial charge is 0.108 e. The molecule has 0 saturated carbocycles. The van der Waals surface area contributed by atoms with Crippen LogP contribution in [0, 0.1) is 5.92 Å². The standard InChI is InChI=1S/C18H26O4/c1-3-7-16-15(10-11-19)18(20-2)17(22-16)13-21-12-14-8-5-4-6-9-14/h3-6,8-9,15-19H,1,7,10-13H2,2H3/t15-,16-,17+,18+/m0/s1. The van der Waals surface area contributed by atoms with Crippen LogP contribution in [0.1, 0.15) is 18.4 Å². The average Bonchev–Trinajstić information content (AvgIpc) is 2.86. The molecule has 1 heterocycles. The minimum absolute atomic E-state index is 0.0416. The Morgan fingerprint density at radius 3 is 2.68 bits per heavy atom. The van der Waals surface area contributed by atoms with Gasteiger partial charge in [-0.1, -0.05) is 36.4 Å². The van der Waals surface area contributed by atoms with Crippen LogP contribution in [0.2, 0.25) is 0 Å². The van der Waals surface area contributed by atoms with Gasteiger partial charge in [-0.05, 0) is 18.4 Å². The molecule has 4 heteroatoms. The van der Waals surface area contributed by atoms with Gasteiger partial charge in [-0.2, -0.15) is 0 Å². The molecule has 0 amide bonds. The van der Waals surface area contributed by atoms with Gasteiger partial charge in [0, 0.05) is 19.6 Å². The highest BCUT2D eigenvalue weighted by molar-refractivity contribution is 5.13. The van der Waals surface area contributed by atoms with Crippen LogP contribution in [0.25, 0.3) is 0 Å². The van der Waals surface area contributed by atoms with E-state index >= 15 is 0 Å². The van der Waals surface area contributed by atoms with E-state index in [0.29, 0.717) is 19.6 Å². The van der Waals surface area contributed by atoms with E-state index in [4.69, 9.17) is 14.2 Å². The fourth-order valence-corrected chi connectivity index (χ4v) is 3.11.